The van der Waals surface area contributed by atoms with Crippen LogP contribution in [-0.2, 0) is 56.1 Å². The molecular formula is C103H142N13O7+. The summed E-state index contributed by atoms with van der Waals surface area (Å²) in [5, 5.41) is 1.81. The van der Waals surface area contributed by atoms with Crippen LogP contribution in [0.5, 0.6) is 0 Å². The van der Waals surface area contributed by atoms with Crippen molar-refractivity contribution in [1.82, 2.24) is 29.1 Å². The van der Waals surface area contributed by atoms with Crippen LogP contribution < -0.4 is 49.2 Å². The Balaban J connectivity index is 1.21. The summed E-state index contributed by atoms with van der Waals surface area (Å²) in [6.07, 6.45) is 17.6. The van der Waals surface area contributed by atoms with Crippen LogP contribution in [0.15, 0.2) is 186 Å². The van der Waals surface area contributed by atoms with E-state index in [2.05, 4.69) is 134 Å². The number of rotatable bonds is 52. The Morgan fingerprint density at radius 2 is 0.691 bits per heavy atom. The minimum atomic E-state index is -0.795. The Hall–Kier alpha value is -10.4. The molecule has 660 valence electrons. The van der Waals surface area contributed by atoms with Gasteiger partial charge in [0, 0.05) is 53.0 Å². The fourth-order valence-electron chi connectivity index (χ4n) is 17.2. The molecule has 12 N–H and O–H groups in total. The third-order valence-electron chi connectivity index (χ3n) is 24.8. The van der Waals surface area contributed by atoms with E-state index in [1.165, 1.54) is 9.80 Å². The molecule has 0 bridgehead atoms. The van der Waals surface area contributed by atoms with Gasteiger partial charge in [0.25, 0.3) is 5.91 Å². The third kappa shape index (κ3) is 27.1. The van der Waals surface area contributed by atoms with Gasteiger partial charge < -0.3 is 68.2 Å². The molecule has 0 unspecified atom stereocenters. The maximum Gasteiger partial charge on any atom is 0.255 e. The lowest BCUT2D eigenvalue weighted by atomic mass is 9.90. The Labute approximate surface area is 733 Å². The van der Waals surface area contributed by atoms with Gasteiger partial charge in [0.1, 0.15) is 50.6 Å². The zero-order valence-corrected chi connectivity index (χ0v) is 75.2. The first kappa shape index (κ1) is 96.5. The first-order chi connectivity index (χ1) is 59.6. The number of hydrogen-bond donors (Lipinski definition) is 6. The van der Waals surface area contributed by atoms with E-state index in [9.17, 15) is 4.79 Å². The summed E-state index contributed by atoms with van der Waals surface area (Å²) >= 11 is 0. The van der Waals surface area contributed by atoms with Crippen LogP contribution >= 0.6 is 0 Å². The topological polar surface area (TPSA) is 294 Å². The predicted octanol–water partition coefficient (Wildman–Crippen LogP) is 16.3. The molecule has 123 heavy (non-hydrogen) atoms. The minimum absolute atomic E-state index is 0.361. The van der Waals surface area contributed by atoms with Gasteiger partial charge >= 0.3 is 0 Å². The largest absolute Gasteiger partial charge is 0.456 e. The molecular weight excluding hydrogens is 1530 g/mol. The Morgan fingerprint density at radius 3 is 1.03 bits per heavy atom. The summed E-state index contributed by atoms with van der Waals surface area (Å²) < 4.78 is 9.29. The van der Waals surface area contributed by atoms with Gasteiger partial charge in [0.2, 0.25) is 34.9 Å². The number of primary amides is 1. The van der Waals surface area contributed by atoms with Crippen LogP contribution in [0.1, 0.15) is 255 Å². The molecule has 0 saturated carbocycles. The highest BCUT2D eigenvalue weighted by molar-refractivity contribution is 6.10. The molecule has 7 aromatic carbocycles. The summed E-state index contributed by atoms with van der Waals surface area (Å²) in [4.78, 5) is 106. The average molecular weight is 1670 g/mol. The van der Waals surface area contributed by atoms with Crippen molar-refractivity contribution < 1.29 is 33.2 Å². The molecule has 9 rings (SSSR count). The van der Waals surface area contributed by atoms with E-state index in [4.69, 9.17) is 38.8 Å². The van der Waals surface area contributed by atoms with Gasteiger partial charge in [0.15, 0.2) is 0 Å². The lowest BCUT2D eigenvalue weighted by Gasteiger charge is -2.38. The summed E-state index contributed by atoms with van der Waals surface area (Å²) in [7, 11) is 0. The Kier molecular flexibility index (Phi) is 39.1. The van der Waals surface area contributed by atoms with Crippen LogP contribution in [0.3, 0.4) is 0 Å². The molecule has 6 amide bonds. The number of nitrogens with zero attached hydrogens (tertiary/aromatic N) is 7. The number of hydrogen-bond acceptors (Lipinski definition) is 13. The second-order valence-corrected chi connectivity index (χ2v) is 33.3. The summed E-state index contributed by atoms with van der Waals surface area (Å²) in [5.41, 5.74) is 49.4. The molecule has 0 saturated heterocycles. The smallest absolute Gasteiger partial charge is 0.255 e. The highest BCUT2D eigenvalue weighted by atomic mass is 16.3. The van der Waals surface area contributed by atoms with Crippen LogP contribution in [-0.4, -0.2) is 152 Å². The Bertz CT molecular complexity index is 4910. The second kappa shape index (κ2) is 49.8. The molecule has 7 aromatic rings. The van der Waals surface area contributed by atoms with Crippen molar-refractivity contribution in [1.29, 1.82) is 0 Å². The molecule has 20 heteroatoms. The maximum atomic E-state index is 17.0. The number of anilines is 1. The van der Waals surface area contributed by atoms with Crippen molar-refractivity contribution in [2.75, 3.05) is 96.5 Å². The molecule has 1 heterocycles. The summed E-state index contributed by atoms with van der Waals surface area (Å²) in [6, 6.07) is 57.2. The van der Waals surface area contributed by atoms with Crippen molar-refractivity contribution >= 4 is 52.1 Å². The number of fused-ring (bicyclic) bond motifs is 2. The quantitative estimate of drug-likeness (QED) is 0.0118. The van der Waals surface area contributed by atoms with Gasteiger partial charge in [0.05, 0.1) is 42.8 Å². The minimum Gasteiger partial charge on any atom is -0.456 e. The van der Waals surface area contributed by atoms with E-state index < -0.39 is 98.4 Å². The molecule has 1 aliphatic heterocycles. The van der Waals surface area contributed by atoms with Gasteiger partial charge in [-0.25, -0.2) is 4.58 Å². The van der Waals surface area contributed by atoms with Crippen molar-refractivity contribution in [3.63, 3.8) is 0 Å². The van der Waals surface area contributed by atoms with E-state index in [-0.39, 0.29) is 0 Å². The van der Waals surface area contributed by atoms with E-state index in [1.807, 2.05) is 120 Å². The van der Waals surface area contributed by atoms with E-state index in [0.29, 0.717) is 55.2 Å². The van der Waals surface area contributed by atoms with Crippen molar-refractivity contribution in [2.45, 2.75) is 221 Å². The highest BCUT2D eigenvalue weighted by Crippen LogP contribution is 2.44. The second-order valence-electron chi connectivity index (χ2n) is 33.3. The lowest BCUT2D eigenvalue weighted by molar-refractivity contribution is -0.150. The molecule has 2 aliphatic rings. The molecule has 0 fully saturated rings. The molecule has 0 aromatic heterocycles. The number of carbonyl (C=O) groups is 6. The van der Waals surface area contributed by atoms with Crippen molar-refractivity contribution in [2.24, 2.45) is 34.4 Å². The van der Waals surface area contributed by atoms with E-state index >= 15 is 24.0 Å². The molecule has 0 radical (unpaired) electrons. The fourth-order valence-corrected chi connectivity index (χ4v) is 17.2. The number of amides is 6. The zero-order valence-electron chi connectivity index (χ0n) is 75.2. The molecule has 5 atom stereocenters. The van der Waals surface area contributed by atoms with Crippen LogP contribution in [0.25, 0.3) is 33.4 Å². The van der Waals surface area contributed by atoms with E-state index in [1.54, 1.807) is 14.7 Å². The van der Waals surface area contributed by atoms with E-state index in [0.717, 1.165) is 238 Å². The number of unbranched alkanes of at least 4 members (excludes halogenated alkanes) is 10. The van der Waals surface area contributed by atoms with Gasteiger partial charge in [-0.2, -0.15) is 0 Å². The van der Waals surface area contributed by atoms with Gasteiger partial charge in [-0.3, -0.25) is 28.8 Å². The van der Waals surface area contributed by atoms with Crippen LogP contribution in [0.4, 0.5) is 5.69 Å². The number of benzene rings is 8. The van der Waals surface area contributed by atoms with Gasteiger partial charge in [-0.1, -0.05) is 172 Å². The lowest BCUT2D eigenvalue weighted by Crippen LogP contribution is -2.52. The zero-order chi connectivity index (χ0) is 88.3. The third-order valence-corrected chi connectivity index (χ3v) is 24.8. The van der Waals surface area contributed by atoms with Crippen LogP contribution in [0, 0.1) is 0 Å². The normalized spacial score (nSPS) is 12.7. The summed E-state index contributed by atoms with van der Waals surface area (Å²) in [5.74, 6) is -2.60. The molecule has 1 aliphatic carbocycles. The number of nitrogens with two attached hydrogens (primary N) is 6. The van der Waals surface area contributed by atoms with Crippen LogP contribution in [0.2, 0.25) is 0 Å². The fraction of sp³-hybridized carbons (Fsp3) is 0.466. The molecule has 20 nitrogen and oxygen atoms in total. The SMILES string of the molecule is CCN(CC)c1ccc2c(-c3ccccc3C(=O)N(CC(=O)N(CC(=O)N(CC(=O)N(CC(=O)N(CC(N)=O)[C@@H](C)c3cccc(CCCCCN)c3)[C@@H](C)c3cccc(CCCCCN)c3)[C@@H](C)c3cccc(CCCCCN)c3)[C@@H](C)c3cccc(CCCCCN)c3)[C@@H](C)c3cccc(CCCCCN)c3)c3ccc(=[N+](CC)CC)cc-3oc2c1. The maximum absolute atomic E-state index is 17.0. The number of carbonyl (C=O) groups excluding carboxylic acids is 6. The van der Waals surface area contributed by atoms with Crippen molar-refractivity contribution in [3.8, 4) is 22.5 Å². The standard InChI is InChI=1S/C103H141N13O7/c1-10-110(11-2)89-53-55-93-95(67-89)123-96-68-90(111(12-3)13-4)54-56-94(96)102(93)91-51-24-25-52-92(91)103(122)116(78(9)88-50-35-45-83(66-88)40-23-18-30-61-108)73-101(121)115(77(8)87-49-34-44-82(65-87)39-22-17-29-60-107)72-100(120)114(76(7)86-48-33-43-81(64-86)38-21-16-28-59-106)71-99(119)113(75(6)85-47-32-42-80(63-85)37-20-15-27-58-105)70-98(118)112(69-97(109)117)74(5)84-46-31-41-79(62-84)36-19-14-26-57-104/h24-25,31-35,41-56,62-68,74-78H,10-23,26-30,36-40,57-61,69-73,104-108H2,1-9H3,(H-,109,117)/p+1/t74-,75-,76-,77-,78-/m0/s1. The predicted molar refractivity (Wildman–Crippen MR) is 503 cm³/mol. The molecule has 0 spiro atoms. The first-order valence-corrected chi connectivity index (χ1v) is 45.8. The van der Waals surface area contributed by atoms with Gasteiger partial charge in [-0.15, -0.1) is 0 Å². The Morgan fingerprint density at radius 1 is 0.350 bits per heavy atom. The average Bonchev–Trinajstić information content (AvgIpc) is 0.740. The first-order valence-electron chi connectivity index (χ1n) is 45.8. The number of aryl methyl sites for hydroxylation is 5. The highest BCUT2D eigenvalue weighted by Gasteiger charge is 2.38. The monoisotopic (exact) mass is 1670 g/mol. The summed E-state index contributed by atoms with van der Waals surface area (Å²) in [6.45, 7) is 21.8. The van der Waals surface area contributed by atoms with Crippen molar-refractivity contribution in [3.05, 3.63) is 249 Å². The van der Waals surface area contributed by atoms with Gasteiger partial charge in [-0.05, 0) is 277 Å².